The summed E-state index contributed by atoms with van der Waals surface area (Å²) in [6.07, 6.45) is -0.0829. The Hall–Kier alpha value is -3.01. The molecular formula is C20H28N2O8. The van der Waals surface area contributed by atoms with Gasteiger partial charge in [-0.15, -0.1) is 0 Å². The summed E-state index contributed by atoms with van der Waals surface area (Å²) in [7, 11) is 5.94. The van der Waals surface area contributed by atoms with Gasteiger partial charge in [0.15, 0.2) is 18.1 Å². The molecule has 2 amide bonds. The molecule has 0 radical (unpaired) electrons. The van der Waals surface area contributed by atoms with Gasteiger partial charge in [-0.25, -0.2) is 0 Å². The van der Waals surface area contributed by atoms with E-state index in [0.717, 1.165) is 0 Å². The van der Waals surface area contributed by atoms with Crippen LogP contribution in [0.2, 0.25) is 0 Å². The zero-order chi connectivity index (χ0) is 22.1. The Bertz CT molecular complexity index is 736. The van der Waals surface area contributed by atoms with Crippen LogP contribution >= 0.6 is 0 Å². The van der Waals surface area contributed by atoms with Crippen LogP contribution < -0.4 is 14.2 Å². The Morgan fingerprint density at radius 3 is 2.17 bits per heavy atom. The Morgan fingerprint density at radius 2 is 1.63 bits per heavy atom. The van der Waals surface area contributed by atoms with Gasteiger partial charge in [-0.3, -0.25) is 14.4 Å². The van der Waals surface area contributed by atoms with Crippen molar-refractivity contribution in [3.05, 3.63) is 17.7 Å². The third kappa shape index (κ3) is 6.24. The van der Waals surface area contributed by atoms with Crippen molar-refractivity contribution in [2.45, 2.75) is 6.42 Å². The van der Waals surface area contributed by atoms with Gasteiger partial charge in [0.05, 0.1) is 47.5 Å². The Labute approximate surface area is 175 Å². The molecule has 0 bridgehead atoms. The van der Waals surface area contributed by atoms with Gasteiger partial charge >= 0.3 is 5.97 Å². The molecule has 10 nitrogen and oxygen atoms in total. The van der Waals surface area contributed by atoms with Crippen LogP contribution in [0.25, 0.3) is 0 Å². The first kappa shape index (κ1) is 23.3. The lowest BCUT2D eigenvalue weighted by molar-refractivity contribution is -0.152. The first-order chi connectivity index (χ1) is 14.4. The van der Waals surface area contributed by atoms with E-state index in [1.807, 2.05) is 0 Å². The van der Waals surface area contributed by atoms with E-state index in [0.29, 0.717) is 49.1 Å². The number of nitrogens with zero attached hydrogens (tertiary/aromatic N) is 2. The number of rotatable bonds is 9. The molecule has 166 valence electrons. The Morgan fingerprint density at radius 1 is 1.03 bits per heavy atom. The average Bonchev–Trinajstić information content (AvgIpc) is 2.77. The fraction of sp³-hybridized carbons (Fsp3) is 0.550. The van der Waals surface area contributed by atoms with Crippen molar-refractivity contribution in [3.8, 4) is 17.2 Å². The van der Waals surface area contributed by atoms with E-state index in [4.69, 9.17) is 23.7 Å². The number of ether oxygens (including phenoxy) is 5. The Kier molecular flexibility index (Phi) is 8.72. The zero-order valence-electron chi connectivity index (χ0n) is 17.8. The van der Waals surface area contributed by atoms with Gasteiger partial charge < -0.3 is 33.5 Å². The third-order valence-corrected chi connectivity index (χ3v) is 4.59. The summed E-state index contributed by atoms with van der Waals surface area (Å²) in [5, 5.41) is 0. The molecule has 0 saturated carbocycles. The highest BCUT2D eigenvalue weighted by molar-refractivity contribution is 5.86. The van der Waals surface area contributed by atoms with Crippen LogP contribution in [0.4, 0.5) is 0 Å². The van der Waals surface area contributed by atoms with Gasteiger partial charge in [0.25, 0.3) is 5.91 Å². The molecule has 0 unspecified atom stereocenters. The molecule has 0 aromatic heterocycles. The molecule has 10 heteroatoms. The molecule has 30 heavy (non-hydrogen) atoms. The first-order valence-electron chi connectivity index (χ1n) is 9.43. The van der Waals surface area contributed by atoms with Crippen LogP contribution in [0.15, 0.2) is 12.1 Å². The molecule has 1 aromatic rings. The van der Waals surface area contributed by atoms with Gasteiger partial charge in [0, 0.05) is 20.1 Å². The van der Waals surface area contributed by atoms with Gasteiger partial charge in [-0.05, 0) is 17.7 Å². The predicted molar refractivity (Wildman–Crippen MR) is 106 cm³/mol. The first-order valence-corrected chi connectivity index (χ1v) is 9.43. The molecule has 1 heterocycles. The fourth-order valence-electron chi connectivity index (χ4n) is 2.91. The molecule has 1 saturated heterocycles. The van der Waals surface area contributed by atoms with E-state index in [1.54, 1.807) is 17.0 Å². The highest BCUT2D eigenvalue weighted by Gasteiger charge is 2.21. The van der Waals surface area contributed by atoms with Gasteiger partial charge in [-0.1, -0.05) is 0 Å². The largest absolute Gasteiger partial charge is 0.493 e. The highest BCUT2D eigenvalue weighted by atomic mass is 16.5. The van der Waals surface area contributed by atoms with Gasteiger partial charge in [-0.2, -0.15) is 0 Å². The van der Waals surface area contributed by atoms with Crippen molar-refractivity contribution in [3.63, 3.8) is 0 Å². The molecule has 0 aliphatic carbocycles. The monoisotopic (exact) mass is 424 g/mol. The molecular weight excluding hydrogens is 396 g/mol. The quantitative estimate of drug-likeness (QED) is 0.515. The molecule has 0 atom stereocenters. The van der Waals surface area contributed by atoms with Crippen LogP contribution in [-0.4, -0.2) is 95.4 Å². The van der Waals surface area contributed by atoms with Crippen LogP contribution in [-0.2, 0) is 30.3 Å². The molecule has 0 spiro atoms. The second-order valence-corrected chi connectivity index (χ2v) is 6.61. The lowest BCUT2D eigenvalue weighted by Crippen LogP contribution is -2.46. The smallest absolute Gasteiger partial charge is 0.310 e. The second kappa shape index (κ2) is 11.2. The summed E-state index contributed by atoms with van der Waals surface area (Å²) in [5.74, 6) is 0.0197. The predicted octanol–water partition coefficient (Wildman–Crippen LogP) is 0.115. The molecule has 1 fully saturated rings. The fourth-order valence-corrected chi connectivity index (χ4v) is 2.91. The number of morpholine rings is 1. The van der Waals surface area contributed by atoms with Crippen molar-refractivity contribution < 1.29 is 38.1 Å². The standard InChI is InChI=1S/C20H28N2O8/c1-21(12-17(23)22-5-7-29-8-6-22)18(24)13-30-19(25)11-14-9-15(26-2)20(28-4)16(10-14)27-3/h9-10H,5-8,11-13H2,1-4H3. The van der Waals surface area contributed by atoms with Crippen molar-refractivity contribution in [1.82, 2.24) is 9.80 Å². The number of hydrogen-bond acceptors (Lipinski definition) is 8. The summed E-state index contributed by atoms with van der Waals surface area (Å²) in [6, 6.07) is 3.27. The lowest BCUT2D eigenvalue weighted by Gasteiger charge is -2.28. The second-order valence-electron chi connectivity index (χ2n) is 6.61. The summed E-state index contributed by atoms with van der Waals surface area (Å²) in [6.45, 7) is 1.46. The number of carbonyl (C=O) groups is 3. The molecule has 0 N–H and O–H groups in total. The number of amides is 2. The molecule has 1 aliphatic rings. The summed E-state index contributed by atoms with van der Waals surface area (Å²) >= 11 is 0. The lowest BCUT2D eigenvalue weighted by atomic mass is 10.1. The highest BCUT2D eigenvalue weighted by Crippen LogP contribution is 2.38. The number of likely N-dealkylation sites (N-methyl/N-ethyl adjacent to an activating group) is 1. The van der Waals surface area contributed by atoms with E-state index >= 15 is 0 Å². The maximum absolute atomic E-state index is 12.2. The van der Waals surface area contributed by atoms with Crippen LogP contribution in [0.5, 0.6) is 17.2 Å². The number of benzene rings is 1. The van der Waals surface area contributed by atoms with E-state index < -0.39 is 18.5 Å². The minimum Gasteiger partial charge on any atom is -0.493 e. The number of hydrogen-bond donors (Lipinski definition) is 0. The normalized spacial score (nSPS) is 13.4. The van der Waals surface area contributed by atoms with Crippen molar-refractivity contribution in [2.75, 3.05) is 67.8 Å². The van der Waals surface area contributed by atoms with Crippen molar-refractivity contribution in [1.29, 1.82) is 0 Å². The number of methoxy groups -OCH3 is 3. The van der Waals surface area contributed by atoms with Crippen LogP contribution in [0.1, 0.15) is 5.56 Å². The van der Waals surface area contributed by atoms with Crippen molar-refractivity contribution in [2.24, 2.45) is 0 Å². The summed E-state index contributed by atoms with van der Waals surface area (Å²) < 4.78 is 26.0. The third-order valence-electron chi connectivity index (χ3n) is 4.59. The van der Waals surface area contributed by atoms with Crippen LogP contribution in [0.3, 0.4) is 0 Å². The van der Waals surface area contributed by atoms with Crippen molar-refractivity contribution >= 4 is 17.8 Å². The minimum atomic E-state index is -0.592. The molecule has 1 aliphatic heterocycles. The van der Waals surface area contributed by atoms with E-state index in [1.165, 1.54) is 33.3 Å². The average molecular weight is 424 g/mol. The Balaban J connectivity index is 1.86. The van der Waals surface area contributed by atoms with E-state index in [9.17, 15) is 14.4 Å². The van der Waals surface area contributed by atoms with Gasteiger partial charge in [0.1, 0.15) is 0 Å². The van der Waals surface area contributed by atoms with Gasteiger partial charge in [0.2, 0.25) is 11.7 Å². The SMILES string of the molecule is COc1cc(CC(=O)OCC(=O)N(C)CC(=O)N2CCOCC2)cc(OC)c1OC. The zero-order valence-corrected chi connectivity index (χ0v) is 17.8. The molecule has 1 aromatic carbocycles. The number of esters is 1. The van der Waals surface area contributed by atoms with E-state index in [-0.39, 0.29) is 18.9 Å². The maximum Gasteiger partial charge on any atom is 0.310 e. The summed E-state index contributed by atoms with van der Waals surface area (Å²) in [5.41, 5.74) is 0.581. The maximum atomic E-state index is 12.2. The number of carbonyl (C=O) groups excluding carboxylic acids is 3. The molecule has 2 rings (SSSR count). The van der Waals surface area contributed by atoms with E-state index in [2.05, 4.69) is 0 Å². The van der Waals surface area contributed by atoms with Crippen LogP contribution in [0, 0.1) is 0 Å². The topological polar surface area (TPSA) is 104 Å². The summed E-state index contributed by atoms with van der Waals surface area (Å²) in [4.78, 5) is 39.5. The minimum absolute atomic E-state index is 0.0801.